The Morgan fingerprint density at radius 1 is 1.20 bits per heavy atom. The maximum absolute atomic E-state index is 2.72. The highest BCUT2D eigenvalue weighted by molar-refractivity contribution is 5.56. The maximum Gasteiger partial charge on any atom is 0.0415 e. The minimum absolute atomic E-state index is 0.602. The van der Waals surface area contributed by atoms with Gasteiger partial charge in [0.2, 0.25) is 0 Å². The third-order valence-electron chi connectivity index (χ3n) is 5.13. The Morgan fingerprint density at radius 2 is 2.00 bits per heavy atom. The average Bonchev–Trinajstić information content (AvgIpc) is 2.93. The van der Waals surface area contributed by atoms with E-state index < -0.39 is 0 Å². The van der Waals surface area contributed by atoms with Crippen molar-refractivity contribution in [2.45, 2.75) is 58.0 Å². The number of benzene rings is 1. The van der Waals surface area contributed by atoms with Crippen LogP contribution in [0.2, 0.25) is 0 Å². The molecule has 110 valence electrons. The maximum atomic E-state index is 2.72. The van der Waals surface area contributed by atoms with Crippen LogP contribution in [0.3, 0.4) is 0 Å². The van der Waals surface area contributed by atoms with Crippen molar-refractivity contribution in [2.24, 2.45) is 0 Å². The van der Waals surface area contributed by atoms with E-state index >= 15 is 0 Å². The Labute approximate surface area is 123 Å². The van der Waals surface area contributed by atoms with Crippen LogP contribution in [0.15, 0.2) is 24.3 Å². The fourth-order valence-corrected chi connectivity index (χ4v) is 3.97. The normalized spacial score (nSPS) is 27.1. The van der Waals surface area contributed by atoms with Gasteiger partial charge in [-0.25, -0.2) is 0 Å². The van der Waals surface area contributed by atoms with Gasteiger partial charge in [-0.2, -0.15) is 0 Å². The Bertz CT molecular complexity index is 454. The number of nitrogens with zero attached hydrogens (tertiary/aromatic N) is 2. The van der Waals surface area contributed by atoms with E-state index in [1.165, 1.54) is 50.1 Å². The summed E-state index contributed by atoms with van der Waals surface area (Å²) in [7, 11) is 0. The fraction of sp³-hybridized carbons (Fsp3) is 0.667. The summed E-state index contributed by atoms with van der Waals surface area (Å²) in [4.78, 5) is 5.43. The van der Waals surface area contributed by atoms with Crippen molar-refractivity contribution in [1.82, 2.24) is 4.90 Å². The molecule has 0 N–H and O–H groups in total. The molecule has 0 aromatic heterocycles. The van der Waals surface area contributed by atoms with Gasteiger partial charge in [0.1, 0.15) is 0 Å². The van der Waals surface area contributed by atoms with Gasteiger partial charge in [-0.1, -0.05) is 39.0 Å². The first-order valence-corrected chi connectivity index (χ1v) is 8.30. The molecule has 1 aromatic rings. The van der Waals surface area contributed by atoms with E-state index in [0.29, 0.717) is 12.0 Å². The monoisotopic (exact) mass is 272 g/mol. The van der Waals surface area contributed by atoms with Crippen molar-refractivity contribution in [1.29, 1.82) is 0 Å². The molecule has 1 aromatic carbocycles. The van der Waals surface area contributed by atoms with Crippen molar-refractivity contribution in [3.8, 4) is 0 Å². The van der Waals surface area contributed by atoms with Crippen LogP contribution in [0.1, 0.15) is 51.5 Å². The van der Waals surface area contributed by atoms with Crippen LogP contribution in [-0.2, 0) is 0 Å². The number of piperazine rings is 1. The van der Waals surface area contributed by atoms with Crippen LogP contribution in [0, 0.1) is 0 Å². The second kappa shape index (κ2) is 5.77. The zero-order valence-electron chi connectivity index (χ0n) is 13.2. The molecule has 0 radical (unpaired) electrons. The lowest BCUT2D eigenvalue weighted by Crippen LogP contribution is -2.56. The minimum atomic E-state index is 0.602. The van der Waals surface area contributed by atoms with Gasteiger partial charge in [-0.15, -0.1) is 0 Å². The number of anilines is 1. The zero-order chi connectivity index (χ0) is 14.1. The molecule has 2 saturated heterocycles. The predicted molar refractivity (Wildman–Crippen MR) is 86.6 cm³/mol. The SMILES string of the molecule is CCC1CN2CCCC2CN1c1ccccc1C(C)C. The minimum Gasteiger partial charge on any atom is -0.365 e. The van der Waals surface area contributed by atoms with Crippen LogP contribution in [0.5, 0.6) is 0 Å². The first-order valence-electron chi connectivity index (χ1n) is 8.30. The molecule has 2 aliphatic heterocycles. The molecule has 2 nitrogen and oxygen atoms in total. The summed E-state index contributed by atoms with van der Waals surface area (Å²) in [5.41, 5.74) is 3.00. The van der Waals surface area contributed by atoms with E-state index in [4.69, 9.17) is 0 Å². The van der Waals surface area contributed by atoms with Gasteiger partial charge in [-0.3, -0.25) is 4.90 Å². The fourth-order valence-electron chi connectivity index (χ4n) is 3.97. The summed E-state index contributed by atoms with van der Waals surface area (Å²) in [5.74, 6) is 0.602. The second-order valence-electron chi connectivity index (χ2n) is 6.72. The summed E-state index contributed by atoms with van der Waals surface area (Å²) in [5, 5.41) is 0. The predicted octanol–water partition coefficient (Wildman–Crippen LogP) is 3.87. The second-order valence-corrected chi connectivity index (χ2v) is 6.72. The van der Waals surface area contributed by atoms with Gasteiger partial charge in [0.05, 0.1) is 0 Å². The van der Waals surface area contributed by atoms with Crippen LogP contribution in [0.25, 0.3) is 0 Å². The van der Waals surface area contributed by atoms with E-state index in [1.54, 1.807) is 0 Å². The Hall–Kier alpha value is -1.02. The van der Waals surface area contributed by atoms with Gasteiger partial charge in [0.25, 0.3) is 0 Å². The van der Waals surface area contributed by atoms with Crippen molar-refractivity contribution >= 4 is 5.69 Å². The smallest absolute Gasteiger partial charge is 0.0415 e. The van der Waals surface area contributed by atoms with E-state index in [-0.39, 0.29) is 0 Å². The number of fused-ring (bicyclic) bond motifs is 1. The van der Waals surface area contributed by atoms with E-state index in [0.717, 1.165) is 6.04 Å². The molecule has 0 bridgehead atoms. The molecule has 2 aliphatic rings. The quantitative estimate of drug-likeness (QED) is 0.824. The molecule has 2 heteroatoms. The molecular weight excluding hydrogens is 244 g/mol. The third-order valence-corrected chi connectivity index (χ3v) is 5.13. The molecule has 20 heavy (non-hydrogen) atoms. The number of hydrogen-bond donors (Lipinski definition) is 0. The molecule has 3 rings (SSSR count). The lowest BCUT2D eigenvalue weighted by Gasteiger charge is -2.45. The Morgan fingerprint density at radius 3 is 2.75 bits per heavy atom. The first kappa shape index (κ1) is 13.9. The highest BCUT2D eigenvalue weighted by Crippen LogP contribution is 2.34. The van der Waals surface area contributed by atoms with Crippen molar-refractivity contribution in [2.75, 3.05) is 24.5 Å². The molecule has 2 heterocycles. The van der Waals surface area contributed by atoms with E-state index in [1.807, 2.05) is 0 Å². The molecule has 2 unspecified atom stereocenters. The Balaban J connectivity index is 1.91. The summed E-state index contributed by atoms with van der Waals surface area (Å²) < 4.78 is 0. The first-order chi connectivity index (χ1) is 9.70. The molecule has 0 amide bonds. The van der Waals surface area contributed by atoms with E-state index in [2.05, 4.69) is 54.8 Å². The van der Waals surface area contributed by atoms with Gasteiger partial charge < -0.3 is 4.90 Å². The zero-order valence-corrected chi connectivity index (χ0v) is 13.2. The molecule has 2 atom stereocenters. The Kier molecular flexibility index (Phi) is 4.02. The summed E-state index contributed by atoms with van der Waals surface area (Å²) >= 11 is 0. The largest absolute Gasteiger partial charge is 0.365 e. The van der Waals surface area contributed by atoms with Crippen molar-refractivity contribution < 1.29 is 0 Å². The topological polar surface area (TPSA) is 6.48 Å². The lowest BCUT2D eigenvalue weighted by molar-refractivity contribution is 0.194. The standard InChI is InChI=1S/C18H28N2/c1-4-15-12-19-11-7-8-16(19)13-20(15)18-10-6-5-9-17(18)14(2)3/h5-6,9-10,14-16H,4,7-8,11-13H2,1-3H3. The van der Waals surface area contributed by atoms with Gasteiger partial charge in [0, 0.05) is 30.9 Å². The summed E-state index contributed by atoms with van der Waals surface area (Å²) in [6.45, 7) is 10.8. The van der Waals surface area contributed by atoms with Crippen LogP contribution < -0.4 is 4.90 Å². The van der Waals surface area contributed by atoms with Crippen molar-refractivity contribution in [3.05, 3.63) is 29.8 Å². The van der Waals surface area contributed by atoms with Gasteiger partial charge in [-0.05, 0) is 43.4 Å². The lowest BCUT2D eigenvalue weighted by atomic mass is 9.97. The highest BCUT2D eigenvalue weighted by atomic mass is 15.3. The number of para-hydroxylation sites is 1. The van der Waals surface area contributed by atoms with Crippen LogP contribution in [0.4, 0.5) is 5.69 Å². The van der Waals surface area contributed by atoms with Gasteiger partial charge in [0.15, 0.2) is 0 Å². The van der Waals surface area contributed by atoms with Crippen molar-refractivity contribution in [3.63, 3.8) is 0 Å². The molecule has 0 aliphatic carbocycles. The number of rotatable bonds is 3. The summed E-state index contributed by atoms with van der Waals surface area (Å²) in [6.07, 6.45) is 4.02. The van der Waals surface area contributed by atoms with Gasteiger partial charge >= 0.3 is 0 Å². The van der Waals surface area contributed by atoms with Crippen LogP contribution >= 0.6 is 0 Å². The molecule has 0 spiro atoms. The average molecular weight is 272 g/mol. The molecule has 2 fully saturated rings. The number of hydrogen-bond acceptors (Lipinski definition) is 2. The molecule has 0 saturated carbocycles. The molecular formula is C18H28N2. The van der Waals surface area contributed by atoms with E-state index in [9.17, 15) is 0 Å². The van der Waals surface area contributed by atoms with Crippen LogP contribution in [-0.4, -0.2) is 36.6 Å². The highest BCUT2D eigenvalue weighted by Gasteiger charge is 2.36. The summed E-state index contributed by atoms with van der Waals surface area (Å²) in [6, 6.07) is 10.5. The third kappa shape index (κ3) is 2.46.